The van der Waals surface area contributed by atoms with Crippen LogP contribution in [-0.2, 0) is 62.3 Å². The highest BCUT2D eigenvalue weighted by atomic mass is 32.2. The zero-order chi connectivity index (χ0) is 77.6. The molecule has 0 aliphatic carbocycles. The molecule has 11 amide bonds. The average molecular weight is 1450 g/mol. The Balaban J connectivity index is 4.49. The minimum Gasteiger partial charge on any atom is -0.465 e. The highest BCUT2D eigenvalue weighted by Gasteiger charge is 2.46. The van der Waals surface area contributed by atoms with Crippen molar-refractivity contribution in [2.24, 2.45) is 41.4 Å². The van der Waals surface area contributed by atoms with Crippen LogP contribution in [0.1, 0.15) is 195 Å². The Bertz CT molecular complexity index is 2670. The molecule has 0 aromatic heterocycles. The van der Waals surface area contributed by atoms with E-state index in [4.69, 9.17) is 4.74 Å². The van der Waals surface area contributed by atoms with Gasteiger partial charge in [0.1, 0.15) is 66.5 Å². The number of hydrogen-bond acceptors (Lipinski definition) is 17. The highest BCUT2D eigenvalue weighted by molar-refractivity contribution is 7.99. The predicted octanol–water partition coefficient (Wildman–Crippen LogP) is 4.28. The molecule has 7 N–H and O–H groups in total. The van der Waals surface area contributed by atoms with Gasteiger partial charge in [0.15, 0.2) is 0 Å². The van der Waals surface area contributed by atoms with Crippen molar-refractivity contribution in [3.8, 4) is 0 Å². The Morgan fingerprint density at radius 3 is 1.42 bits per heavy atom. The van der Waals surface area contributed by atoms with Gasteiger partial charge >= 0.3 is 5.97 Å². The lowest BCUT2D eigenvalue weighted by Gasteiger charge is -2.41. The van der Waals surface area contributed by atoms with E-state index < -0.39 is 155 Å². The van der Waals surface area contributed by atoms with Crippen LogP contribution in [-0.4, -0.2) is 275 Å². The molecule has 0 aromatic rings. The second-order valence-corrected chi connectivity index (χ2v) is 31.3. The van der Waals surface area contributed by atoms with E-state index in [9.17, 15) is 39.0 Å². The third-order valence-electron chi connectivity index (χ3n) is 18.9. The average Bonchev–Trinajstić information content (AvgIpc) is 0.809. The van der Waals surface area contributed by atoms with Crippen LogP contribution in [0.3, 0.4) is 0 Å². The first-order chi connectivity index (χ1) is 47.1. The van der Waals surface area contributed by atoms with Crippen molar-refractivity contribution in [3.05, 3.63) is 0 Å². The smallest absolute Gasteiger partial charge is 0.319 e. The molecule has 0 spiro atoms. The van der Waals surface area contributed by atoms with E-state index in [2.05, 4.69) is 26.6 Å². The maximum absolute atomic E-state index is 15.6. The van der Waals surface area contributed by atoms with E-state index in [0.29, 0.717) is 38.0 Å². The number of carbonyl (C=O) groups is 12. The van der Waals surface area contributed by atoms with Gasteiger partial charge in [-0.15, -0.1) is 0 Å². The molecule has 0 bridgehead atoms. The highest BCUT2D eigenvalue weighted by Crippen LogP contribution is 2.27. The summed E-state index contributed by atoms with van der Waals surface area (Å²) in [6, 6.07) is -14.1. The number of unbranched alkanes of at least 4 members (excludes halogenated alkanes) is 4. The van der Waals surface area contributed by atoms with E-state index in [1.54, 1.807) is 48.5 Å². The van der Waals surface area contributed by atoms with E-state index >= 15 is 28.8 Å². The van der Waals surface area contributed by atoms with Crippen LogP contribution in [0.5, 0.6) is 0 Å². The van der Waals surface area contributed by atoms with Crippen LogP contribution in [0.2, 0.25) is 0 Å². The number of aliphatic hydroxyl groups is 2. The molecule has 0 saturated carbocycles. The SMILES string of the molecule is CCOC(=O)CNCCCCCC[C@@H](C)[C@@H](O)[C@H]1C(=O)N[C@@H](CC)C(=O)N(C)[C@H](CSCCCCO)C(=O)N(C)[C@@H](CC(C)C)C(=O)N[C@H](C(C)C)C(=O)N(C)[C@H](CC(C)C)C(=O)N[C@H](C)C(=O)N[C@@H](C)C(=O)N(C)[C@@H](CC(C)C)C(=O)N(C)[C@@H](CC(C)C)C(=O)N(C)[C@@H](C(C)C)C(=O)N1C. The van der Waals surface area contributed by atoms with E-state index in [0.717, 1.165) is 24.2 Å². The molecule has 1 aliphatic rings. The summed E-state index contributed by atoms with van der Waals surface area (Å²) in [5.74, 6) is -9.97. The minimum absolute atomic E-state index is 0.0203. The third kappa shape index (κ3) is 29.1. The van der Waals surface area contributed by atoms with Crippen molar-refractivity contribution in [3.63, 3.8) is 0 Å². The fourth-order valence-corrected chi connectivity index (χ4v) is 13.8. The van der Waals surface area contributed by atoms with Gasteiger partial charge in [0.2, 0.25) is 65.0 Å². The Kier molecular flexibility index (Phi) is 42.2. The van der Waals surface area contributed by atoms with E-state index in [1.807, 2.05) is 55.4 Å². The van der Waals surface area contributed by atoms with Crippen LogP contribution < -0.4 is 26.6 Å². The van der Waals surface area contributed by atoms with Gasteiger partial charge in [-0.05, 0) is 132 Å². The standard InChI is InChI=1S/C73H134N12O15S/c1-25-52-68(94)83(22)57(42-101-36-32-31-35-86)71(97)79(18)54(38-44(5)6)65(91)78-59(47(11)12)72(98)80(19)53(37-43(3)4)64(90)75-50(16)63(89)76-51(17)67(93)81(20)55(39-45(7)8)69(95)82(21)56(40-46(9)10)70(96)84(23)60(48(13)14)73(99)85(24)61(66(92)77-52)62(88)49(15)33-29-27-28-30-34-74-41-58(87)100-26-2/h43-57,59-62,74,86,88H,25-42H2,1-24H3,(H,75,90)(H,76,89)(H,77,92)(H,78,91)/t49-,50-,51+,52+,53-,54+,55+,56+,57-,59-,60+,61+,62-/m1/s1. The van der Waals surface area contributed by atoms with E-state index in [-0.39, 0.29) is 87.3 Å². The van der Waals surface area contributed by atoms with Gasteiger partial charge in [0.05, 0.1) is 19.3 Å². The molecule has 101 heavy (non-hydrogen) atoms. The van der Waals surface area contributed by atoms with Crippen LogP contribution >= 0.6 is 11.8 Å². The summed E-state index contributed by atoms with van der Waals surface area (Å²) in [6.07, 6.45) is 3.26. The van der Waals surface area contributed by atoms with Gasteiger partial charge in [-0.1, -0.05) is 116 Å². The molecule has 27 nitrogen and oxygen atoms in total. The van der Waals surface area contributed by atoms with Gasteiger partial charge in [0, 0.05) is 61.7 Å². The lowest BCUT2D eigenvalue weighted by Crippen LogP contribution is -2.64. The Labute approximate surface area is 609 Å². The van der Waals surface area contributed by atoms with Crippen molar-refractivity contribution in [1.82, 2.24) is 60.9 Å². The fourth-order valence-electron chi connectivity index (χ4n) is 12.6. The lowest BCUT2D eigenvalue weighted by atomic mass is 9.90. The van der Waals surface area contributed by atoms with Crippen LogP contribution in [0, 0.1) is 41.4 Å². The number of aliphatic hydroxyl groups excluding tert-OH is 2. The largest absolute Gasteiger partial charge is 0.465 e. The zero-order valence-corrected chi connectivity index (χ0v) is 66.8. The number of likely N-dealkylation sites (N-methyl/N-ethyl adjacent to an activating group) is 7. The number of thioether (sulfide) groups is 1. The van der Waals surface area contributed by atoms with Crippen molar-refractivity contribution >= 4 is 82.7 Å². The second kappa shape index (κ2) is 45.9. The number of nitrogens with one attached hydrogen (secondary N) is 5. The monoisotopic (exact) mass is 1450 g/mol. The molecule has 582 valence electrons. The van der Waals surface area contributed by atoms with Crippen molar-refractivity contribution in [1.29, 1.82) is 0 Å². The number of nitrogens with zero attached hydrogens (tertiary/aromatic N) is 7. The summed E-state index contributed by atoms with van der Waals surface area (Å²) < 4.78 is 5.00. The Morgan fingerprint density at radius 2 is 0.921 bits per heavy atom. The zero-order valence-electron chi connectivity index (χ0n) is 65.9. The molecule has 1 fully saturated rings. The van der Waals surface area contributed by atoms with Crippen molar-refractivity contribution in [2.75, 3.05) is 87.1 Å². The topological polar surface area (TPSA) is 337 Å². The molecule has 1 heterocycles. The molecule has 1 aliphatic heterocycles. The first-order valence-electron chi connectivity index (χ1n) is 36.9. The van der Waals surface area contributed by atoms with Crippen LogP contribution in [0.4, 0.5) is 0 Å². The summed E-state index contributed by atoms with van der Waals surface area (Å²) in [5, 5.41) is 36.5. The number of esters is 1. The molecule has 1 saturated heterocycles. The number of amides is 11. The normalized spacial score (nSPS) is 25.1. The first kappa shape index (κ1) is 92.9. The molecular formula is C73H134N12O15S. The number of hydrogen-bond donors (Lipinski definition) is 7. The summed E-state index contributed by atoms with van der Waals surface area (Å²) in [5.41, 5.74) is 0. The molecule has 0 radical (unpaired) electrons. The first-order valence-corrected chi connectivity index (χ1v) is 38.0. The minimum atomic E-state index is -1.67. The summed E-state index contributed by atoms with van der Waals surface area (Å²) in [4.78, 5) is 185. The van der Waals surface area contributed by atoms with Gasteiger partial charge in [-0.2, -0.15) is 11.8 Å². The van der Waals surface area contributed by atoms with Gasteiger partial charge in [-0.25, -0.2) is 0 Å². The number of rotatable bonds is 29. The quantitative estimate of drug-likeness (QED) is 0.0406. The molecule has 1 rings (SSSR count). The molecule has 28 heteroatoms. The maximum Gasteiger partial charge on any atom is 0.319 e. The molecule has 13 atom stereocenters. The van der Waals surface area contributed by atoms with Gasteiger partial charge < -0.3 is 75.8 Å². The van der Waals surface area contributed by atoms with Crippen LogP contribution in [0.25, 0.3) is 0 Å². The molecular weight excluding hydrogens is 1320 g/mol. The van der Waals surface area contributed by atoms with Gasteiger partial charge in [0.25, 0.3) is 0 Å². The summed E-state index contributed by atoms with van der Waals surface area (Å²) in [7, 11) is 10.0. The lowest BCUT2D eigenvalue weighted by molar-refractivity contribution is -0.157. The Hall–Kier alpha value is -6.13. The third-order valence-corrected chi connectivity index (χ3v) is 20.1. The molecule has 0 unspecified atom stereocenters. The summed E-state index contributed by atoms with van der Waals surface area (Å²) in [6.45, 7) is 30.7. The van der Waals surface area contributed by atoms with E-state index in [1.165, 1.54) is 104 Å². The van der Waals surface area contributed by atoms with Crippen molar-refractivity contribution in [2.45, 2.75) is 267 Å². The summed E-state index contributed by atoms with van der Waals surface area (Å²) >= 11 is 1.35. The predicted molar refractivity (Wildman–Crippen MR) is 394 cm³/mol. The number of ether oxygens (including phenoxy) is 1. The Morgan fingerprint density at radius 1 is 0.475 bits per heavy atom. The maximum atomic E-state index is 15.6. The van der Waals surface area contributed by atoms with Gasteiger partial charge in [-0.3, -0.25) is 57.5 Å². The fraction of sp³-hybridized carbons (Fsp3) is 0.836. The van der Waals surface area contributed by atoms with Crippen LogP contribution in [0.15, 0.2) is 0 Å². The number of carbonyl (C=O) groups excluding carboxylic acids is 12. The van der Waals surface area contributed by atoms with Crippen molar-refractivity contribution < 1.29 is 72.5 Å². The second-order valence-electron chi connectivity index (χ2n) is 30.2. The molecule has 0 aromatic carbocycles.